The van der Waals surface area contributed by atoms with E-state index in [2.05, 4.69) is 10.3 Å². The summed E-state index contributed by atoms with van der Waals surface area (Å²) in [6.07, 6.45) is 2.58. The molecule has 0 amide bonds. The molecule has 0 aliphatic carbocycles. The number of benzene rings is 2. The Balaban J connectivity index is 1.92. The van der Waals surface area contributed by atoms with Gasteiger partial charge in [0, 0.05) is 5.56 Å². The Kier molecular flexibility index (Phi) is 6.22. The number of anilines is 2. The van der Waals surface area contributed by atoms with Gasteiger partial charge in [0.25, 0.3) is 6.01 Å². The number of hydrogen-bond acceptors (Lipinski definition) is 6. The lowest BCUT2D eigenvalue weighted by Crippen LogP contribution is -2.19. The van der Waals surface area contributed by atoms with E-state index in [9.17, 15) is 12.8 Å². The van der Waals surface area contributed by atoms with Crippen molar-refractivity contribution in [1.82, 2.24) is 4.98 Å². The van der Waals surface area contributed by atoms with Gasteiger partial charge in [-0.15, -0.1) is 0 Å². The van der Waals surface area contributed by atoms with E-state index in [1.807, 2.05) is 13.8 Å². The number of aromatic nitrogens is 1. The van der Waals surface area contributed by atoms with Crippen molar-refractivity contribution in [2.45, 2.75) is 36.8 Å². The Hall–Kier alpha value is -2.87. The number of oxazole rings is 1. The molecule has 3 rings (SSSR count). The fourth-order valence-electron chi connectivity index (χ4n) is 3.08. The van der Waals surface area contributed by atoms with Crippen molar-refractivity contribution < 1.29 is 22.0 Å². The van der Waals surface area contributed by atoms with Crippen LogP contribution in [-0.2, 0) is 9.84 Å². The average molecular weight is 418 g/mol. The standard InChI is InChI=1S/C21H23FN2O4S/c1-4-16(5-2)29(25,26)17-10-11-19(27-3)18(12-17)24-21-23-13-20(28-21)14-6-8-15(22)9-7-14/h6-13,16H,4-5H2,1-3H3,(H,23,24). The number of halogens is 1. The highest BCUT2D eigenvalue weighted by Crippen LogP contribution is 2.33. The van der Waals surface area contributed by atoms with Crippen molar-refractivity contribution in [2.75, 3.05) is 12.4 Å². The fraction of sp³-hybridized carbons (Fsp3) is 0.286. The van der Waals surface area contributed by atoms with E-state index in [0.717, 1.165) is 0 Å². The van der Waals surface area contributed by atoms with Gasteiger partial charge in [0.2, 0.25) is 0 Å². The van der Waals surface area contributed by atoms with Gasteiger partial charge >= 0.3 is 0 Å². The van der Waals surface area contributed by atoms with Gasteiger partial charge in [-0.05, 0) is 55.3 Å². The predicted octanol–water partition coefficient (Wildman–Crippen LogP) is 5.20. The molecule has 8 heteroatoms. The maximum atomic E-state index is 13.1. The summed E-state index contributed by atoms with van der Waals surface area (Å²) in [7, 11) is -1.97. The summed E-state index contributed by atoms with van der Waals surface area (Å²) in [6.45, 7) is 3.72. The van der Waals surface area contributed by atoms with Crippen molar-refractivity contribution in [3.63, 3.8) is 0 Å². The van der Waals surface area contributed by atoms with Crippen LogP contribution >= 0.6 is 0 Å². The highest BCUT2D eigenvalue weighted by atomic mass is 32.2. The quantitative estimate of drug-likeness (QED) is 0.542. The number of ether oxygens (including phenoxy) is 1. The number of nitrogens with one attached hydrogen (secondary N) is 1. The first kappa shape index (κ1) is 20.9. The first-order chi connectivity index (χ1) is 13.9. The van der Waals surface area contributed by atoms with Gasteiger partial charge in [0.05, 0.1) is 29.1 Å². The highest BCUT2D eigenvalue weighted by molar-refractivity contribution is 7.92. The van der Waals surface area contributed by atoms with Gasteiger partial charge in [0.1, 0.15) is 11.6 Å². The number of methoxy groups -OCH3 is 1. The molecule has 0 spiro atoms. The number of rotatable bonds is 8. The van der Waals surface area contributed by atoms with Gasteiger partial charge < -0.3 is 14.5 Å². The minimum absolute atomic E-state index is 0.166. The lowest BCUT2D eigenvalue weighted by atomic mass is 10.2. The maximum absolute atomic E-state index is 13.1. The predicted molar refractivity (Wildman–Crippen MR) is 110 cm³/mol. The van der Waals surface area contributed by atoms with E-state index >= 15 is 0 Å². The molecule has 154 valence electrons. The third kappa shape index (κ3) is 4.42. The second-order valence-electron chi connectivity index (χ2n) is 6.51. The van der Waals surface area contributed by atoms with Crippen LogP contribution in [0, 0.1) is 5.82 Å². The summed E-state index contributed by atoms with van der Waals surface area (Å²) in [5.74, 6) is 0.564. The second kappa shape index (κ2) is 8.65. The van der Waals surface area contributed by atoms with Crippen LogP contribution in [-0.4, -0.2) is 25.8 Å². The summed E-state index contributed by atoms with van der Waals surface area (Å²) < 4.78 is 49.9. The first-order valence-corrected chi connectivity index (χ1v) is 10.8. The fourth-order valence-corrected chi connectivity index (χ4v) is 4.88. The number of hydrogen-bond donors (Lipinski definition) is 1. The molecule has 1 N–H and O–H groups in total. The molecule has 29 heavy (non-hydrogen) atoms. The zero-order valence-electron chi connectivity index (χ0n) is 16.5. The van der Waals surface area contributed by atoms with Crippen LogP contribution in [0.4, 0.5) is 16.1 Å². The van der Waals surface area contributed by atoms with Crippen molar-refractivity contribution in [3.05, 3.63) is 54.5 Å². The van der Waals surface area contributed by atoms with Crippen molar-refractivity contribution in [3.8, 4) is 17.1 Å². The molecule has 3 aromatic rings. The molecule has 0 bridgehead atoms. The minimum Gasteiger partial charge on any atom is -0.495 e. The summed E-state index contributed by atoms with van der Waals surface area (Å²) >= 11 is 0. The molecule has 0 aliphatic heterocycles. The SMILES string of the molecule is CCC(CC)S(=O)(=O)c1ccc(OC)c(Nc2ncc(-c3ccc(F)cc3)o2)c1. The third-order valence-electron chi connectivity index (χ3n) is 4.73. The van der Waals surface area contributed by atoms with Gasteiger partial charge in [-0.25, -0.2) is 17.8 Å². The minimum atomic E-state index is -3.46. The Labute approximate surface area is 169 Å². The van der Waals surface area contributed by atoms with Gasteiger partial charge in [-0.3, -0.25) is 0 Å². The van der Waals surface area contributed by atoms with Crippen molar-refractivity contribution >= 4 is 21.5 Å². The Morgan fingerprint density at radius 3 is 2.45 bits per heavy atom. The molecular formula is C21H23FN2O4S. The molecule has 0 saturated carbocycles. The zero-order valence-corrected chi connectivity index (χ0v) is 17.3. The van der Waals surface area contributed by atoms with Crippen LogP contribution in [0.3, 0.4) is 0 Å². The molecule has 2 aromatic carbocycles. The molecule has 0 radical (unpaired) electrons. The van der Waals surface area contributed by atoms with E-state index in [4.69, 9.17) is 9.15 Å². The smallest absolute Gasteiger partial charge is 0.299 e. The van der Waals surface area contributed by atoms with E-state index in [-0.39, 0.29) is 16.7 Å². The van der Waals surface area contributed by atoms with E-state index in [1.54, 1.807) is 18.2 Å². The molecular weight excluding hydrogens is 395 g/mol. The van der Waals surface area contributed by atoms with Crippen LogP contribution in [0.15, 0.2) is 58.0 Å². The zero-order chi connectivity index (χ0) is 21.0. The molecule has 6 nitrogen and oxygen atoms in total. The van der Waals surface area contributed by atoms with Crippen molar-refractivity contribution in [2.24, 2.45) is 0 Å². The van der Waals surface area contributed by atoms with Crippen LogP contribution in [0.2, 0.25) is 0 Å². The van der Waals surface area contributed by atoms with Gasteiger partial charge in [-0.2, -0.15) is 0 Å². The number of nitrogens with zero attached hydrogens (tertiary/aromatic N) is 1. The summed E-state index contributed by atoms with van der Waals surface area (Å²) in [5.41, 5.74) is 1.09. The topological polar surface area (TPSA) is 81.4 Å². The lowest BCUT2D eigenvalue weighted by Gasteiger charge is -2.16. The van der Waals surface area contributed by atoms with E-state index in [0.29, 0.717) is 35.6 Å². The van der Waals surface area contributed by atoms with Crippen molar-refractivity contribution in [1.29, 1.82) is 0 Å². The molecule has 0 fully saturated rings. The normalized spacial score (nSPS) is 11.6. The van der Waals surface area contributed by atoms with Crippen LogP contribution in [0.5, 0.6) is 5.75 Å². The third-order valence-corrected chi connectivity index (χ3v) is 7.18. The van der Waals surface area contributed by atoms with Crippen LogP contribution < -0.4 is 10.1 Å². The average Bonchev–Trinajstić information content (AvgIpc) is 3.17. The molecule has 0 unspecified atom stereocenters. The molecule has 0 atom stereocenters. The van der Waals surface area contributed by atoms with E-state index in [1.165, 1.54) is 37.6 Å². The maximum Gasteiger partial charge on any atom is 0.299 e. The Morgan fingerprint density at radius 2 is 1.83 bits per heavy atom. The molecule has 1 aromatic heterocycles. The summed E-state index contributed by atoms with van der Waals surface area (Å²) in [4.78, 5) is 4.38. The Morgan fingerprint density at radius 1 is 1.14 bits per heavy atom. The van der Waals surface area contributed by atoms with E-state index < -0.39 is 15.1 Å². The monoisotopic (exact) mass is 418 g/mol. The molecule has 1 heterocycles. The summed E-state index contributed by atoms with van der Waals surface area (Å²) in [6, 6.07) is 10.7. The summed E-state index contributed by atoms with van der Waals surface area (Å²) in [5, 5.41) is 2.52. The lowest BCUT2D eigenvalue weighted by molar-refractivity contribution is 0.416. The first-order valence-electron chi connectivity index (χ1n) is 9.29. The van der Waals surface area contributed by atoms with Gasteiger partial charge in [-0.1, -0.05) is 13.8 Å². The van der Waals surface area contributed by atoms with Gasteiger partial charge in [0.15, 0.2) is 15.6 Å². The molecule has 0 saturated heterocycles. The second-order valence-corrected chi connectivity index (χ2v) is 8.74. The highest BCUT2D eigenvalue weighted by Gasteiger charge is 2.25. The molecule has 0 aliphatic rings. The van der Waals surface area contributed by atoms with Crippen LogP contribution in [0.25, 0.3) is 11.3 Å². The largest absolute Gasteiger partial charge is 0.495 e. The Bertz CT molecular complexity index is 1070. The van der Waals surface area contributed by atoms with Crippen LogP contribution in [0.1, 0.15) is 26.7 Å². The number of sulfone groups is 1.